The van der Waals surface area contributed by atoms with Gasteiger partial charge in [-0.3, -0.25) is 0 Å². The first kappa shape index (κ1) is 16.2. The molecule has 0 atom stereocenters. The van der Waals surface area contributed by atoms with Crippen LogP contribution in [0.3, 0.4) is 0 Å². The molecule has 0 aliphatic rings. The van der Waals surface area contributed by atoms with Crippen LogP contribution in [0.2, 0.25) is 0 Å². The summed E-state index contributed by atoms with van der Waals surface area (Å²) in [6.07, 6.45) is 1.78. The van der Waals surface area contributed by atoms with Gasteiger partial charge in [-0.25, -0.2) is 4.98 Å². The molecule has 4 nitrogen and oxygen atoms in total. The molecule has 0 saturated carbocycles. The highest BCUT2D eigenvalue weighted by Crippen LogP contribution is 2.32. The van der Waals surface area contributed by atoms with E-state index in [1.54, 1.807) is 31.6 Å². The number of nitrogens with zero attached hydrogens (tertiary/aromatic N) is 2. The molecule has 0 N–H and O–H groups in total. The Morgan fingerprint density at radius 1 is 1.21 bits per heavy atom. The fourth-order valence-electron chi connectivity index (χ4n) is 2.18. The lowest BCUT2D eigenvalue weighted by Crippen LogP contribution is -1.90. The standard InChI is InChI=1S/C18H14N2O2S2/c1-21-14-5-6-16(22-2)12(9-14)8-13(10-19)18-20-15(11-24-18)17-4-3-7-23-17/h3-9,11H,1-2H3/b13-8-. The van der Waals surface area contributed by atoms with Gasteiger partial charge in [0.2, 0.25) is 0 Å². The molecule has 0 spiro atoms. The van der Waals surface area contributed by atoms with Crippen molar-refractivity contribution < 1.29 is 9.47 Å². The predicted octanol–water partition coefficient (Wildman–Crippen LogP) is 4.95. The fraction of sp³-hybridized carbons (Fsp3) is 0.111. The summed E-state index contributed by atoms with van der Waals surface area (Å²) in [5, 5.41) is 14.2. The summed E-state index contributed by atoms with van der Waals surface area (Å²) < 4.78 is 10.6. The molecule has 6 heteroatoms. The summed E-state index contributed by atoms with van der Waals surface area (Å²) in [6, 6.07) is 11.7. The Hall–Kier alpha value is -2.62. The molecule has 0 aliphatic heterocycles. The van der Waals surface area contributed by atoms with Crippen molar-refractivity contribution in [1.82, 2.24) is 4.98 Å². The number of hydrogen-bond donors (Lipinski definition) is 0. The van der Waals surface area contributed by atoms with Crippen molar-refractivity contribution in [3.63, 3.8) is 0 Å². The summed E-state index contributed by atoms with van der Waals surface area (Å²) in [7, 11) is 3.21. The van der Waals surface area contributed by atoms with Gasteiger partial charge in [-0.1, -0.05) is 6.07 Å². The zero-order valence-corrected chi connectivity index (χ0v) is 14.8. The number of aromatic nitrogens is 1. The molecule has 3 aromatic rings. The van der Waals surface area contributed by atoms with Crippen molar-refractivity contribution >= 4 is 34.3 Å². The van der Waals surface area contributed by atoms with E-state index in [0.29, 0.717) is 22.1 Å². The largest absolute Gasteiger partial charge is 0.497 e. The molecule has 120 valence electrons. The van der Waals surface area contributed by atoms with Gasteiger partial charge in [0.15, 0.2) is 0 Å². The average Bonchev–Trinajstić information content (AvgIpc) is 3.30. The number of allylic oxidation sites excluding steroid dienone is 1. The Labute approximate surface area is 148 Å². The van der Waals surface area contributed by atoms with Gasteiger partial charge in [0.25, 0.3) is 0 Å². The van der Waals surface area contributed by atoms with Gasteiger partial charge >= 0.3 is 0 Å². The molecule has 2 aromatic heterocycles. The van der Waals surface area contributed by atoms with Crippen molar-refractivity contribution in [2.45, 2.75) is 0 Å². The zero-order chi connectivity index (χ0) is 16.9. The Kier molecular flexibility index (Phi) is 4.94. The Balaban J connectivity index is 2.00. The zero-order valence-electron chi connectivity index (χ0n) is 13.1. The molecule has 0 aliphatic carbocycles. The minimum Gasteiger partial charge on any atom is -0.497 e. The van der Waals surface area contributed by atoms with E-state index >= 15 is 0 Å². The molecule has 0 saturated heterocycles. The molecule has 0 unspecified atom stereocenters. The molecule has 0 radical (unpaired) electrons. The third-order valence-electron chi connectivity index (χ3n) is 3.37. The van der Waals surface area contributed by atoms with E-state index in [2.05, 4.69) is 11.1 Å². The van der Waals surface area contributed by atoms with Gasteiger partial charge in [-0.2, -0.15) is 5.26 Å². The van der Waals surface area contributed by atoms with Crippen molar-refractivity contribution in [1.29, 1.82) is 5.26 Å². The maximum absolute atomic E-state index is 9.55. The van der Waals surface area contributed by atoms with Crippen LogP contribution in [0.4, 0.5) is 0 Å². The number of hydrogen-bond acceptors (Lipinski definition) is 6. The van der Waals surface area contributed by atoms with Crippen LogP contribution in [0.25, 0.3) is 22.2 Å². The number of ether oxygens (including phenoxy) is 2. The first-order valence-corrected chi connectivity index (χ1v) is 8.84. The van der Waals surface area contributed by atoms with Crippen LogP contribution in [0.15, 0.2) is 41.1 Å². The molecule has 0 bridgehead atoms. The van der Waals surface area contributed by atoms with E-state index in [1.165, 1.54) is 11.3 Å². The topological polar surface area (TPSA) is 55.1 Å². The minimum absolute atomic E-state index is 0.495. The van der Waals surface area contributed by atoms with E-state index in [4.69, 9.17) is 9.47 Å². The van der Waals surface area contributed by atoms with Crippen LogP contribution in [-0.4, -0.2) is 19.2 Å². The fourth-order valence-corrected chi connectivity index (χ4v) is 3.73. The summed E-state index contributed by atoms with van der Waals surface area (Å²) in [6.45, 7) is 0. The maximum Gasteiger partial charge on any atom is 0.134 e. The molecular formula is C18H14N2O2S2. The van der Waals surface area contributed by atoms with E-state index < -0.39 is 0 Å². The summed E-state index contributed by atoms with van der Waals surface area (Å²) >= 11 is 3.08. The Morgan fingerprint density at radius 2 is 2.08 bits per heavy atom. The van der Waals surface area contributed by atoms with Crippen LogP contribution in [0.5, 0.6) is 11.5 Å². The molecule has 0 fully saturated rings. The summed E-state index contributed by atoms with van der Waals surface area (Å²) in [4.78, 5) is 5.68. The smallest absolute Gasteiger partial charge is 0.134 e. The second-order valence-corrected chi connectivity index (χ2v) is 6.60. The highest BCUT2D eigenvalue weighted by atomic mass is 32.1. The monoisotopic (exact) mass is 354 g/mol. The molecule has 2 heterocycles. The van der Waals surface area contributed by atoms with Crippen LogP contribution >= 0.6 is 22.7 Å². The van der Waals surface area contributed by atoms with Gasteiger partial charge in [-0.15, -0.1) is 22.7 Å². The van der Waals surface area contributed by atoms with Crippen molar-refractivity contribution in [3.8, 4) is 28.1 Å². The number of methoxy groups -OCH3 is 2. The SMILES string of the molecule is COc1ccc(OC)c(/C=C(/C#N)c2nc(-c3cccs3)cs2)c1. The normalized spacial score (nSPS) is 11.1. The van der Waals surface area contributed by atoms with Crippen molar-refractivity contribution in [2.75, 3.05) is 14.2 Å². The highest BCUT2D eigenvalue weighted by molar-refractivity contribution is 7.14. The summed E-state index contributed by atoms with van der Waals surface area (Å²) in [5.41, 5.74) is 2.17. The Bertz CT molecular complexity index is 905. The van der Waals surface area contributed by atoms with E-state index in [9.17, 15) is 5.26 Å². The second kappa shape index (κ2) is 7.30. The van der Waals surface area contributed by atoms with Crippen LogP contribution < -0.4 is 9.47 Å². The highest BCUT2D eigenvalue weighted by Gasteiger charge is 2.11. The third kappa shape index (κ3) is 3.32. The van der Waals surface area contributed by atoms with Gasteiger partial charge < -0.3 is 9.47 Å². The summed E-state index contributed by atoms with van der Waals surface area (Å²) in [5.74, 6) is 1.39. The predicted molar refractivity (Wildman–Crippen MR) is 98.5 cm³/mol. The van der Waals surface area contributed by atoms with Crippen LogP contribution in [0, 0.1) is 11.3 Å². The maximum atomic E-state index is 9.55. The number of thiazole rings is 1. The third-order valence-corrected chi connectivity index (χ3v) is 5.13. The van der Waals surface area contributed by atoms with E-state index in [-0.39, 0.29) is 0 Å². The van der Waals surface area contributed by atoms with Gasteiger partial charge in [-0.05, 0) is 35.7 Å². The molecule has 1 aromatic carbocycles. The van der Waals surface area contributed by atoms with Gasteiger partial charge in [0.05, 0.1) is 30.4 Å². The number of rotatable bonds is 5. The van der Waals surface area contributed by atoms with Gasteiger partial charge in [0, 0.05) is 10.9 Å². The van der Waals surface area contributed by atoms with Crippen molar-refractivity contribution in [3.05, 3.63) is 51.7 Å². The lowest BCUT2D eigenvalue weighted by Gasteiger charge is -2.07. The van der Waals surface area contributed by atoms with E-state index in [1.807, 2.05) is 41.1 Å². The van der Waals surface area contributed by atoms with Crippen LogP contribution in [-0.2, 0) is 0 Å². The van der Waals surface area contributed by atoms with Crippen molar-refractivity contribution in [2.24, 2.45) is 0 Å². The number of nitriles is 1. The van der Waals surface area contributed by atoms with E-state index in [0.717, 1.165) is 16.1 Å². The minimum atomic E-state index is 0.495. The quantitative estimate of drug-likeness (QED) is 0.608. The second-order valence-electron chi connectivity index (χ2n) is 4.79. The Morgan fingerprint density at radius 3 is 2.75 bits per heavy atom. The first-order valence-electron chi connectivity index (χ1n) is 7.08. The number of benzene rings is 1. The lowest BCUT2D eigenvalue weighted by molar-refractivity contribution is 0.402. The van der Waals surface area contributed by atoms with Gasteiger partial charge in [0.1, 0.15) is 22.6 Å². The molecule has 0 amide bonds. The number of thiophene rings is 1. The lowest BCUT2D eigenvalue weighted by atomic mass is 10.1. The molecule has 3 rings (SSSR count). The average molecular weight is 354 g/mol. The first-order chi connectivity index (χ1) is 11.7. The van der Waals surface area contributed by atoms with Crippen LogP contribution in [0.1, 0.15) is 10.6 Å². The molecular weight excluding hydrogens is 340 g/mol. The molecule has 24 heavy (non-hydrogen) atoms.